The molecule has 4 heteroatoms. The highest BCUT2D eigenvalue weighted by Gasteiger charge is 2.06. The van der Waals surface area contributed by atoms with Crippen LogP contribution in [0, 0.1) is 6.92 Å². The zero-order valence-corrected chi connectivity index (χ0v) is 11.4. The molecule has 88 valence electrons. The minimum atomic E-state index is -0.153. The summed E-state index contributed by atoms with van der Waals surface area (Å²) in [5.41, 5.74) is 1.87. The molecule has 0 radical (unpaired) electrons. The SMILES string of the molecule is CCC(C)NC(=O)Nc1ccc(Br)cc1C. The highest BCUT2D eigenvalue weighted by atomic mass is 79.9. The molecule has 2 N–H and O–H groups in total. The van der Waals surface area contributed by atoms with Crippen LogP contribution in [-0.2, 0) is 0 Å². The van der Waals surface area contributed by atoms with E-state index in [4.69, 9.17) is 0 Å². The van der Waals surface area contributed by atoms with Gasteiger partial charge in [-0.15, -0.1) is 0 Å². The normalized spacial score (nSPS) is 12.0. The summed E-state index contributed by atoms with van der Waals surface area (Å²) in [6, 6.07) is 5.80. The Labute approximate surface area is 105 Å². The summed E-state index contributed by atoms with van der Waals surface area (Å²) in [6.07, 6.45) is 0.923. The standard InChI is InChI=1S/C12H17BrN2O/c1-4-9(3)14-12(16)15-11-6-5-10(13)7-8(11)2/h5-7,9H,4H2,1-3H3,(H2,14,15,16). The maximum absolute atomic E-state index is 11.6. The van der Waals surface area contributed by atoms with Crippen molar-refractivity contribution in [3.8, 4) is 0 Å². The molecule has 1 aromatic rings. The Kier molecular flexibility index (Phi) is 4.80. The third-order valence-electron chi connectivity index (χ3n) is 2.43. The van der Waals surface area contributed by atoms with E-state index in [2.05, 4.69) is 26.6 Å². The summed E-state index contributed by atoms with van der Waals surface area (Å²) in [4.78, 5) is 11.6. The number of amides is 2. The van der Waals surface area contributed by atoms with Gasteiger partial charge in [0.15, 0.2) is 0 Å². The summed E-state index contributed by atoms with van der Waals surface area (Å²) in [5, 5.41) is 5.69. The number of nitrogens with one attached hydrogen (secondary N) is 2. The van der Waals surface area contributed by atoms with Crippen LogP contribution in [0.5, 0.6) is 0 Å². The van der Waals surface area contributed by atoms with Gasteiger partial charge in [-0.05, 0) is 44.0 Å². The molecule has 0 aromatic heterocycles. The van der Waals surface area contributed by atoms with Crippen molar-refractivity contribution >= 4 is 27.6 Å². The molecule has 0 saturated heterocycles. The average Bonchev–Trinajstić information content (AvgIpc) is 2.22. The number of carbonyl (C=O) groups excluding carboxylic acids is 1. The highest BCUT2D eigenvalue weighted by molar-refractivity contribution is 9.10. The number of aryl methyl sites for hydroxylation is 1. The van der Waals surface area contributed by atoms with Crippen molar-refractivity contribution in [1.82, 2.24) is 5.32 Å². The summed E-state index contributed by atoms with van der Waals surface area (Å²) < 4.78 is 1.01. The maximum atomic E-state index is 11.6. The molecular weight excluding hydrogens is 268 g/mol. The van der Waals surface area contributed by atoms with Gasteiger partial charge >= 0.3 is 6.03 Å². The number of anilines is 1. The number of rotatable bonds is 3. The Morgan fingerprint density at radius 3 is 2.75 bits per heavy atom. The van der Waals surface area contributed by atoms with Crippen molar-refractivity contribution in [2.45, 2.75) is 33.2 Å². The number of urea groups is 1. The number of benzene rings is 1. The van der Waals surface area contributed by atoms with Crippen molar-refractivity contribution in [2.24, 2.45) is 0 Å². The van der Waals surface area contributed by atoms with E-state index in [1.165, 1.54) is 0 Å². The Morgan fingerprint density at radius 1 is 1.50 bits per heavy atom. The lowest BCUT2D eigenvalue weighted by molar-refractivity contribution is 0.249. The molecule has 3 nitrogen and oxygen atoms in total. The van der Waals surface area contributed by atoms with E-state index in [0.717, 1.165) is 22.1 Å². The van der Waals surface area contributed by atoms with Crippen LogP contribution in [0.25, 0.3) is 0 Å². The summed E-state index contributed by atoms with van der Waals surface area (Å²) in [5.74, 6) is 0. The van der Waals surface area contributed by atoms with Gasteiger partial charge in [-0.2, -0.15) is 0 Å². The van der Waals surface area contributed by atoms with E-state index in [1.54, 1.807) is 0 Å². The topological polar surface area (TPSA) is 41.1 Å². The molecule has 2 amide bonds. The van der Waals surface area contributed by atoms with Gasteiger partial charge in [-0.1, -0.05) is 22.9 Å². The Balaban J connectivity index is 2.63. The van der Waals surface area contributed by atoms with Gasteiger partial charge in [0, 0.05) is 16.2 Å². The Morgan fingerprint density at radius 2 is 2.19 bits per heavy atom. The van der Waals surface area contributed by atoms with Crippen LogP contribution in [0.2, 0.25) is 0 Å². The second-order valence-electron chi connectivity index (χ2n) is 3.87. The van der Waals surface area contributed by atoms with Gasteiger partial charge in [0.25, 0.3) is 0 Å². The summed E-state index contributed by atoms with van der Waals surface area (Å²) in [6.45, 7) is 5.98. The Bertz CT molecular complexity index is 379. The minimum Gasteiger partial charge on any atom is -0.335 e. The predicted octanol–water partition coefficient (Wildman–Crippen LogP) is 3.68. The number of halogens is 1. The zero-order chi connectivity index (χ0) is 12.1. The lowest BCUT2D eigenvalue weighted by Gasteiger charge is -2.13. The second kappa shape index (κ2) is 5.89. The maximum Gasteiger partial charge on any atom is 0.319 e. The van der Waals surface area contributed by atoms with E-state index in [-0.39, 0.29) is 12.1 Å². The zero-order valence-electron chi connectivity index (χ0n) is 9.80. The first-order chi connectivity index (χ1) is 7.52. The van der Waals surface area contributed by atoms with Crippen LogP contribution < -0.4 is 10.6 Å². The highest BCUT2D eigenvalue weighted by Crippen LogP contribution is 2.19. The molecule has 0 aliphatic carbocycles. The van der Waals surface area contributed by atoms with Crippen LogP contribution in [0.1, 0.15) is 25.8 Å². The van der Waals surface area contributed by atoms with Crippen molar-refractivity contribution in [2.75, 3.05) is 5.32 Å². The Hall–Kier alpha value is -1.03. The van der Waals surface area contributed by atoms with Crippen molar-refractivity contribution in [3.63, 3.8) is 0 Å². The van der Waals surface area contributed by atoms with E-state index in [1.807, 2.05) is 39.0 Å². The van der Waals surface area contributed by atoms with E-state index in [9.17, 15) is 4.79 Å². The first kappa shape index (κ1) is 13.0. The molecule has 0 aliphatic rings. The van der Waals surface area contributed by atoms with Gasteiger partial charge in [0.1, 0.15) is 0 Å². The van der Waals surface area contributed by atoms with Crippen LogP contribution in [0.4, 0.5) is 10.5 Å². The fourth-order valence-electron chi connectivity index (χ4n) is 1.25. The van der Waals surface area contributed by atoms with E-state index in [0.29, 0.717) is 0 Å². The number of carbonyl (C=O) groups is 1. The summed E-state index contributed by atoms with van der Waals surface area (Å²) in [7, 11) is 0. The smallest absolute Gasteiger partial charge is 0.319 e. The van der Waals surface area contributed by atoms with Gasteiger partial charge in [-0.3, -0.25) is 0 Å². The quantitative estimate of drug-likeness (QED) is 0.874. The van der Waals surface area contributed by atoms with E-state index >= 15 is 0 Å². The fourth-order valence-corrected chi connectivity index (χ4v) is 1.73. The number of hydrogen-bond acceptors (Lipinski definition) is 1. The average molecular weight is 285 g/mol. The molecule has 1 rings (SSSR count). The van der Waals surface area contributed by atoms with Crippen molar-refractivity contribution in [1.29, 1.82) is 0 Å². The van der Waals surface area contributed by atoms with Crippen LogP contribution in [-0.4, -0.2) is 12.1 Å². The van der Waals surface area contributed by atoms with E-state index < -0.39 is 0 Å². The molecule has 0 saturated carbocycles. The third kappa shape index (κ3) is 3.85. The molecule has 0 spiro atoms. The molecule has 0 aliphatic heterocycles. The van der Waals surface area contributed by atoms with Crippen molar-refractivity contribution < 1.29 is 4.79 Å². The molecule has 1 unspecified atom stereocenters. The second-order valence-corrected chi connectivity index (χ2v) is 4.78. The summed E-state index contributed by atoms with van der Waals surface area (Å²) >= 11 is 3.39. The first-order valence-corrected chi connectivity index (χ1v) is 6.16. The lowest BCUT2D eigenvalue weighted by atomic mass is 10.2. The largest absolute Gasteiger partial charge is 0.335 e. The van der Waals surface area contributed by atoms with Gasteiger partial charge < -0.3 is 10.6 Å². The monoisotopic (exact) mass is 284 g/mol. The number of hydrogen-bond donors (Lipinski definition) is 2. The van der Waals surface area contributed by atoms with Crippen LogP contribution in [0.3, 0.4) is 0 Å². The third-order valence-corrected chi connectivity index (χ3v) is 2.92. The molecular formula is C12H17BrN2O. The lowest BCUT2D eigenvalue weighted by Crippen LogP contribution is -2.35. The molecule has 0 fully saturated rings. The van der Waals surface area contributed by atoms with Gasteiger partial charge in [-0.25, -0.2) is 4.79 Å². The predicted molar refractivity (Wildman–Crippen MR) is 70.8 cm³/mol. The minimum absolute atomic E-state index is 0.153. The molecule has 0 bridgehead atoms. The van der Waals surface area contributed by atoms with Crippen molar-refractivity contribution in [3.05, 3.63) is 28.2 Å². The van der Waals surface area contributed by atoms with Gasteiger partial charge in [0.2, 0.25) is 0 Å². The fraction of sp³-hybridized carbons (Fsp3) is 0.417. The van der Waals surface area contributed by atoms with Crippen LogP contribution >= 0.6 is 15.9 Å². The molecule has 16 heavy (non-hydrogen) atoms. The molecule has 1 atom stereocenters. The molecule has 1 aromatic carbocycles. The molecule has 0 heterocycles. The first-order valence-electron chi connectivity index (χ1n) is 5.36. The van der Waals surface area contributed by atoms with Crippen LogP contribution in [0.15, 0.2) is 22.7 Å². The van der Waals surface area contributed by atoms with Gasteiger partial charge in [0.05, 0.1) is 0 Å².